The second kappa shape index (κ2) is 7.95. The number of nitrogens with one attached hydrogen (secondary N) is 1. The van der Waals surface area contributed by atoms with Crippen molar-refractivity contribution in [2.24, 2.45) is 0 Å². The van der Waals surface area contributed by atoms with Crippen molar-refractivity contribution in [3.8, 4) is 0 Å². The topological polar surface area (TPSA) is 29.9 Å². The largest absolute Gasteiger partial charge is 0.309 e. The first-order valence-corrected chi connectivity index (χ1v) is 8.75. The summed E-state index contributed by atoms with van der Waals surface area (Å²) >= 11 is 2.16. The Kier molecular flexibility index (Phi) is 6.24. The molecule has 0 spiro atoms. The first-order chi connectivity index (χ1) is 9.33. The third-order valence-corrected chi connectivity index (χ3v) is 5.35. The van der Waals surface area contributed by atoms with Crippen LogP contribution >= 0.6 is 11.8 Å². The maximum atomic E-state index is 4.40. The number of nitrogens with zero attached hydrogens (tertiary/aromatic N) is 2. The standard InChI is InChI=1S/C15H27N3S/c1-3-16-15(13-10-17-18(4-2)11-13)12-19-14-8-6-5-7-9-14/h10-11,14-16H,3-9,12H2,1-2H3. The molecule has 1 N–H and O–H groups in total. The van der Waals surface area contributed by atoms with Crippen LogP contribution in [0.25, 0.3) is 0 Å². The van der Waals surface area contributed by atoms with Crippen LogP contribution in [0.1, 0.15) is 57.6 Å². The molecule has 1 aromatic heterocycles. The molecule has 1 aliphatic carbocycles. The number of hydrogen-bond donors (Lipinski definition) is 1. The summed E-state index contributed by atoms with van der Waals surface area (Å²) in [7, 11) is 0. The molecule has 1 saturated carbocycles. The Bertz CT molecular complexity index is 358. The predicted octanol–water partition coefficient (Wildman–Crippen LogP) is 3.62. The lowest BCUT2D eigenvalue weighted by Gasteiger charge is -2.24. The highest BCUT2D eigenvalue weighted by molar-refractivity contribution is 7.99. The van der Waals surface area contributed by atoms with E-state index in [0.29, 0.717) is 6.04 Å². The fourth-order valence-corrected chi connectivity index (χ4v) is 4.16. The molecule has 1 aromatic rings. The molecular formula is C15H27N3S. The minimum atomic E-state index is 0.456. The lowest BCUT2D eigenvalue weighted by Crippen LogP contribution is -2.24. The number of aryl methyl sites for hydroxylation is 1. The summed E-state index contributed by atoms with van der Waals surface area (Å²) in [5.41, 5.74) is 1.34. The van der Waals surface area contributed by atoms with Gasteiger partial charge in [-0.1, -0.05) is 26.2 Å². The van der Waals surface area contributed by atoms with Crippen LogP contribution in [0.3, 0.4) is 0 Å². The first-order valence-electron chi connectivity index (χ1n) is 7.70. The van der Waals surface area contributed by atoms with Crippen LogP contribution < -0.4 is 5.32 Å². The Balaban J connectivity index is 1.87. The zero-order valence-corrected chi connectivity index (χ0v) is 13.1. The quantitative estimate of drug-likeness (QED) is 0.828. The molecule has 1 fully saturated rings. The SMILES string of the molecule is CCNC(CSC1CCCCC1)c1cnn(CC)c1. The molecule has 1 unspecified atom stereocenters. The van der Waals surface area contributed by atoms with Gasteiger partial charge < -0.3 is 5.32 Å². The van der Waals surface area contributed by atoms with Crippen LogP contribution in [-0.2, 0) is 6.54 Å². The van der Waals surface area contributed by atoms with Crippen LogP contribution in [0.4, 0.5) is 0 Å². The molecule has 4 heteroatoms. The van der Waals surface area contributed by atoms with Gasteiger partial charge >= 0.3 is 0 Å². The monoisotopic (exact) mass is 281 g/mol. The summed E-state index contributed by atoms with van der Waals surface area (Å²) in [4.78, 5) is 0. The lowest BCUT2D eigenvalue weighted by atomic mass is 10.0. The first kappa shape index (κ1) is 14.9. The molecule has 1 atom stereocenters. The van der Waals surface area contributed by atoms with Crippen LogP contribution in [0.15, 0.2) is 12.4 Å². The van der Waals surface area contributed by atoms with Crippen molar-refractivity contribution in [2.45, 2.75) is 63.8 Å². The molecule has 1 aliphatic rings. The number of thioether (sulfide) groups is 1. The average Bonchev–Trinajstić information content (AvgIpc) is 2.93. The van der Waals surface area contributed by atoms with Gasteiger partial charge in [0.25, 0.3) is 0 Å². The fraction of sp³-hybridized carbons (Fsp3) is 0.800. The van der Waals surface area contributed by atoms with E-state index < -0.39 is 0 Å². The Labute approximate surface area is 121 Å². The van der Waals surface area contributed by atoms with Crippen molar-refractivity contribution in [1.29, 1.82) is 0 Å². The van der Waals surface area contributed by atoms with Gasteiger partial charge in [-0.2, -0.15) is 16.9 Å². The summed E-state index contributed by atoms with van der Waals surface area (Å²) in [5, 5.41) is 8.89. The fourth-order valence-electron chi connectivity index (χ4n) is 2.72. The third kappa shape index (κ3) is 4.53. The Morgan fingerprint density at radius 2 is 2.16 bits per heavy atom. The second-order valence-corrected chi connectivity index (χ2v) is 6.67. The smallest absolute Gasteiger partial charge is 0.0537 e. The summed E-state index contributed by atoms with van der Waals surface area (Å²) in [6.07, 6.45) is 11.3. The lowest BCUT2D eigenvalue weighted by molar-refractivity contribution is 0.514. The molecule has 0 aromatic carbocycles. The van der Waals surface area contributed by atoms with Crippen molar-refractivity contribution in [3.63, 3.8) is 0 Å². The molecule has 0 amide bonds. The summed E-state index contributed by atoms with van der Waals surface area (Å²) < 4.78 is 2.02. The highest BCUT2D eigenvalue weighted by Gasteiger charge is 2.18. The van der Waals surface area contributed by atoms with E-state index in [0.717, 1.165) is 18.3 Å². The summed E-state index contributed by atoms with van der Waals surface area (Å²) in [5.74, 6) is 1.17. The minimum Gasteiger partial charge on any atom is -0.309 e. The number of aromatic nitrogens is 2. The molecule has 19 heavy (non-hydrogen) atoms. The third-order valence-electron chi connectivity index (χ3n) is 3.88. The zero-order valence-electron chi connectivity index (χ0n) is 12.3. The maximum absolute atomic E-state index is 4.40. The van der Waals surface area contributed by atoms with E-state index in [-0.39, 0.29) is 0 Å². The molecule has 108 valence electrons. The molecule has 0 aliphatic heterocycles. The molecule has 0 bridgehead atoms. The van der Waals surface area contributed by atoms with E-state index in [1.165, 1.54) is 43.4 Å². The van der Waals surface area contributed by atoms with E-state index in [4.69, 9.17) is 0 Å². The van der Waals surface area contributed by atoms with Gasteiger partial charge in [-0.05, 0) is 26.3 Å². The highest BCUT2D eigenvalue weighted by atomic mass is 32.2. The van der Waals surface area contributed by atoms with E-state index in [1.807, 2.05) is 10.9 Å². The van der Waals surface area contributed by atoms with Crippen molar-refractivity contribution in [2.75, 3.05) is 12.3 Å². The maximum Gasteiger partial charge on any atom is 0.0537 e. The van der Waals surface area contributed by atoms with Crippen LogP contribution in [0.2, 0.25) is 0 Å². The summed E-state index contributed by atoms with van der Waals surface area (Å²) in [6.45, 7) is 6.29. The van der Waals surface area contributed by atoms with Gasteiger partial charge in [0.2, 0.25) is 0 Å². The van der Waals surface area contributed by atoms with E-state index >= 15 is 0 Å². The second-order valence-electron chi connectivity index (χ2n) is 5.33. The number of hydrogen-bond acceptors (Lipinski definition) is 3. The van der Waals surface area contributed by atoms with Gasteiger partial charge in [0, 0.05) is 35.3 Å². The van der Waals surface area contributed by atoms with Gasteiger partial charge in [-0.25, -0.2) is 0 Å². The summed E-state index contributed by atoms with van der Waals surface area (Å²) in [6, 6.07) is 0.456. The van der Waals surface area contributed by atoms with Crippen LogP contribution in [-0.4, -0.2) is 27.3 Å². The Morgan fingerprint density at radius 1 is 1.37 bits per heavy atom. The van der Waals surface area contributed by atoms with Crippen molar-refractivity contribution >= 4 is 11.8 Å². The van der Waals surface area contributed by atoms with Crippen molar-refractivity contribution in [3.05, 3.63) is 18.0 Å². The van der Waals surface area contributed by atoms with Gasteiger partial charge in [-0.15, -0.1) is 0 Å². The molecular weight excluding hydrogens is 254 g/mol. The Hall–Kier alpha value is -0.480. The van der Waals surface area contributed by atoms with E-state index in [1.54, 1.807) is 0 Å². The molecule has 1 heterocycles. The van der Waals surface area contributed by atoms with Gasteiger partial charge in [-0.3, -0.25) is 4.68 Å². The predicted molar refractivity (Wildman–Crippen MR) is 83.6 cm³/mol. The van der Waals surface area contributed by atoms with Crippen molar-refractivity contribution < 1.29 is 0 Å². The number of rotatable bonds is 7. The highest BCUT2D eigenvalue weighted by Crippen LogP contribution is 2.30. The van der Waals surface area contributed by atoms with E-state index in [9.17, 15) is 0 Å². The van der Waals surface area contributed by atoms with E-state index in [2.05, 4.69) is 42.2 Å². The van der Waals surface area contributed by atoms with Gasteiger partial charge in [0.05, 0.1) is 6.20 Å². The molecule has 2 rings (SSSR count). The molecule has 3 nitrogen and oxygen atoms in total. The zero-order chi connectivity index (χ0) is 13.5. The molecule has 0 saturated heterocycles. The van der Waals surface area contributed by atoms with Gasteiger partial charge in [0.1, 0.15) is 0 Å². The minimum absolute atomic E-state index is 0.456. The van der Waals surface area contributed by atoms with Crippen LogP contribution in [0.5, 0.6) is 0 Å². The van der Waals surface area contributed by atoms with Gasteiger partial charge in [0.15, 0.2) is 0 Å². The average molecular weight is 281 g/mol. The Morgan fingerprint density at radius 3 is 2.79 bits per heavy atom. The molecule has 0 radical (unpaired) electrons. The normalized spacial score (nSPS) is 18.6. The van der Waals surface area contributed by atoms with Crippen LogP contribution in [0, 0.1) is 0 Å². The van der Waals surface area contributed by atoms with Crippen molar-refractivity contribution in [1.82, 2.24) is 15.1 Å².